The Hall–Kier alpha value is -1.27. The lowest BCUT2D eigenvalue weighted by molar-refractivity contribution is -0.137. The van der Waals surface area contributed by atoms with Crippen molar-refractivity contribution in [2.24, 2.45) is 0 Å². The molecule has 0 amide bonds. The average molecular weight is 274 g/mol. The van der Waals surface area contributed by atoms with E-state index in [1.165, 1.54) is 0 Å². The first-order valence-corrected chi connectivity index (χ1v) is 6.10. The maximum atomic E-state index is 12.7. The van der Waals surface area contributed by atoms with Gasteiger partial charge in [0.1, 0.15) is 0 Å². The summed E-state index contributed by atoms with van der Waals surface area (Å²) in [7, 11) is 1.65. The molecule has 0 spiro atoms. The highest BCUT2D eigenvalue weighted by molar-refractivity contribution is 5.45. The SMILES string of the molecule is CO[C@H]1CCN(Cc2cc(N)cc(C(F)(F)F)c2)C1. The quantitative estimate of drug-likeness (QED) is 0.861. The lowest BCUT2D eigenvalue weighted by Gasteiger charge is -2.17. The molecule has 19 heavy (non-hydrogen) atoms. The number of hydrogen-bond acceptors (Lipinski definition) is 3. The van der Waals surface area contributed by atoms with Gasteiger partial charge in [0.25, 0.3) is 0 Å². The molecule has 6 heteroatoms. The summed E-state index contributed by atoms with van der Waals surface area (Å²) in [6, 6.07) is 3.72. The molecule has 1 aliphatic rings. The van der Waals surface area contributed by atoms with Gasteiger partial charge in [0.2, 0.25) is 0 Å². The Bertz CT molecular complexity index is 448. The predicted octanol–water partition coefficient (Wildman–Crippen LogP) is 2.51. The van der Waals surface area contributed by atoms with E-state index in [0.29, 0.717) is 12.1 Å². The van der Waals surface area contributed by atoms with Crippen LogP contribution in [0, 0.1) is 0 Å². The van der Waals surface area contributed by atoms with Crippen LogP contribution in [0.1, 0.15) is 17.5 Å². The molecule has 1 fully saturated rings. The van der Waals surface area contributed by atoms with Crippen molar-refractivity contribution >= 4 is 5.69 Å². The molecule has 2 N–H and O–H groups in total. The Kier molecular flexibility index (Phi) is 4.01. The van der Waals surface area contributed by atoms with Crippen LogP contribution in [0.25, 0.3) is 0 Å². The van der Waals surface area contributed by atoms with Crippen LogP contribution in [-0.4, -0.2) is 31.2 Å². The number of alkyl halides is 3. The topological polar surface area (TPSA) is 38.5 Å². The van der Waals surface area contributed by atoms with Crippen molar-refractivity contribution in [1.82, 2.24) is 4.90 Å². The highest BCUT2D eigenvalue weighted by Gasteiger charge is 2.31. The van der Waals surface area contributed by atoms with Gasteiger partial charge in [-0.25, -0.2) is 0 Å². The van der Waals surface area contributed by atoms with Crippen molar-refractivity contribution in [3.63, 3.8) is 0 Å². The number of nitrogens with zero attached hydrogens (tertiary/aromatic N) is 1. The molecule has 0 bridgehead atoms. The van der Waals surface area contributed by atoms with E-state index in [4.69, 9.17) is 10.5 Å². The van der Waals surface area contributed by atoms with Gasteiger partial charge < -0.3 is 10.5 Å². The first kappa shape index (κ1) is 14.1. The minimum Gasteiger partial charge on any atom is -0.399 e. The third-order valence-corrected chi connectivity index (χ3v) is 3.31. The average Bonchev–Trinajstić information content (AvgIpc) is 2.75. The summed E-state index contributed by atoms with van der Waals surface area (Å²) in [4.78, 5) is 2.07. The van der Waals surface area contributed by atoms with Crippen LogP contribution in [-0.2, 0) is 17.5 Å². The maximum absolute atomic E-state index is 12.7. The summed E-state index contributed by atoms with van der Waals surface area (Å²) in [6.45, 7) is 2.04. The molecular formula is C13H17F3N2O. The fraction of sp³-hybridized carbons (Fsp3) is 0.538. The third-order valence-electron chi connectivity index (χ3n) is 3.31. The Labute approximate surface area is 110 Å². The van der Waals surface area contributed by atoms with Crippen molar-refractivity contribution in [1.29, 1.82) is 0 Å². The number of hydrogen-bond donors (Lipinski definition) is 1. The second-order valence-corrected chi connectivity index (χ2v) is 4.84. The third kappa shape index (κ3) is 3.61. The van der Waals surface area contributed by atoms with Crippen LogP contribution in [0.2, 0.25) is 0 Å². The Morgan fingerprint density at radius 2 is 2.11 bits per heavy atom. The Morgan fingerprint density at radius 3 is 2.68 bits per heavy atom. The first-order valence-electron chi connectivity index (χ1n) is 6.10. The summed E-state index contributed by atoms with van der Waals surface area (Å²) in [5, 5.41) is 0. The van der Waals surface area contributed by atoms with Gasteiger partial charge >= 0.3 is 6.18 Å². The molecule has 1 saturated heterocycles. The van der Waals surface area contributed by atoms with Crippen molar-refractivity contribution < 1.29 is 17.9 Å². The minimum absolute atomic E-state index is 0.146. The smallest absolute Gasteiger partial charge is 0.399 e. The zero-order chi connectivity index (χ0) is 14.0. The van der Waals surface area contributed by atoms with Gasteiger partial charge in [-0.2, -0.15) is 13.2 Å². The lowest BCUT2D eigenvalue weighted by atomic mass is 10.1. The lowest BCUT2D eigenvalue weighted by Crippen LogP contribution is -2.22. The van der Waals surface area contributed by atoms with Gasteiger partial charge in [0, 0.05) is 32.4 Å². The van der Waals surface area contributed by atoms with E-state index in [2.05, 4.69) is 4.90 Å². The fourth-order valence-corrected chi connectivity index (χ4v) is 2.36. The normalized spacial score (nSPS) is 20.9. The molecule has 3 nitrogen and oxygen atoms in total. The van der Waals surface area contributed by atoms with E-state index < -0.39 is 11.7 Å². The van der Waals surface area contributed by atoms with E-state index in [9.17, 15) is 13.2 Å². The summed E-state index contributed by atoms with van der Waals surface area (Å²) >= 11 is 0. The monoisotopic (exact) mass is 274 g/mol. The molecule has 1 aliphatic heterocycles. The molecule has 0 saturated carbocycles. The number of nitrogen functional groups attached to an aromatic ring is 1. The fourth-order valence-electron chi connectivity index (χ4n) is 2.36. The molecule has 0 radical (unpaired) electrons. The number of likely N-dealkylation sites (tertiary alicyclic amines) is 1. The highest BCUT2D eigenvalue weighted by atomic mass is 19.4. The van der Waals surface area contributed by atoms with E-state index in [-0.39, 0.29) is 11.8 Å². The number of methoxy groups -OCH3 is 1. The van der Waals surface area contributed by atoms with Gasteiger partial charge in [0.15, 0.2) is 0 Å². The number of rotatable bonds is 3. The molecule has 1 aromatic carbocycles. The second-order valence-electron chi connectivity index (χ2n) is 4.84. The van der Waals surface area contributed by atoms with Crippen LogP contribution in [0.15, 0.2) is 18.2 Å². The largest absolute Gasteiger partial charge is 0.416 e. The summed E-state index contributed by atoms with van der Waals surface area (Å²) in [5.41, 5.74) is 5.58. The Balaban J connectivity index is 2.11. The van der Waals surface area contributed by atoms with E-state index in [1.807, 2.05) is 0 Å². The summed E-state index contributed by atoms with van der Waals surface area (Å²) < 4.78 is 43.3. The number of nitrogens with two attached hydrogens (primary N) is 1. The zero-order valence-corrected chi connectivity index (χ0v) is 10.7. The molecule has 106 valence electrons. The van der Waals surface area contributed by atoms with Crippen molar-refractivity contribution in [3.8, 4) is 0 Å². The number of halogens is 3. The zero-order valence-electron chi connectivity index (χ0n) is 10.7. The van der Waals surface area contributed by atoms with E-state index >= 15 is 0 Å². The second kappa shape index (κ2) is 5.38. The highest BCUT2D eigenvalue weighted by Crippen LogP contribution is 2.31. The van der Waals surface area contributed by atoms with Crippen LogP contribution < -0.4 is 5.73 Å². The first-order chi connectivity index (χ1) is 8.88. The van der Waals surface area contributed by atoms with Gasteiger partial charge in [-0.15, -0.1) is 0 Å². The maximum Gasteiger partial charge on any atom is 0.416 e. The molecule has 1 atom stereocenters. The molecule has 0 unspecified atom stereocenters. The molecule has 1 aromatic rings. The number of anilines is 1. The van der Waals surface area contributed by atoms with Gasteiger partial charge in [-0.3, -0.25) is 4.90 Å². The van der Waals surface area contributed by atoms with Crippen molar-refractivity contribution in [3.05, 3.63) is 29.3 Å². The van der Waals surface area contributed by atoms with Crippen molar-refractivity contribution in [2.75, 3.05) is 25.9 Å². The standard InChI is InChI=1S/C13H17F3N2O/c1-19-12-2-3-18(8-12)7-9-4-10(13(14,15)16)6-11(17)5-9/h4-6,12H,2-3,7-8,17H2,1H3/t12-/m0/s1. The van der Waals surface area contributed by atoms with Crippen LogP contribution in [0.5, 0.6) is 0 Å². The van der Waals surface area contributed by atoms with Gasteiger partial charge in [0.05, 0.1) is 11.7 Å². The van der Waals surface area contributed by atoms with Crippen LogP contribution >= 0.6 is 0 Å². The number of benzene rings is 1. The molecule has 1 heterocycles. The summed E-state index contributed by atoms with van der Waals surface area (Å²) in [5.74, 6) is 0. The molecular weight excluding hydrogens is 257 g/mol. The number of ether oxygens (including phenoxy) is 1. The van der Waals surface area contributed by atoms with E-state index in [0.717, 1.165) is 31.6 Å². The van der Waals surface area contributed by atoms with Gasteiger partial charge in [-0.05, 0) is 30.2 Å². The molecule has 0 aromatic heterocycles. The van der Waals surface area contributed by atoms with Crippen LogP contribution in [0.4, 0.5) is 18.9 Å². The van der Waals surface area contributed by atoms with Crippen molar-refractivity contribution in [2.45, 2.75) is 25.2 Å². The molecule has 2 rings (SSSR count). The summed E-state index contributed by atoms with van der Waals surface area (Å²) in [6.07, 6.45) is -3.28. The van der Waals surface area contributed by atoms with Crippen LogP contribution in [0.3, 0.4) is 0 Å². The minimum atomic E-state index is -4.36. The van der Waals surface area contributed by atoms with Gasteiger partial charge in [-0.1, -0.05) is 0 Å². The van der Waals surface area contributed by atoms with E-state index in [1.54, 1.807) is 13.2 Å². The molecule has 0 aliphatic carbocycles. The Morgan fingerprint density at radius 1 is 1.37 bits per heavy atom. The predicted molar refractivity (Wildman–Crippen MR) is 66.5 cm³/mol.